The molecule has 0 fully saturated rings. The molecule has 4 heterocycles. The third-order valence-electron chi connectivity index (χ3n) is 4.83. The summed E-state index contributed by atoms with van der Waals surface area (Å²) in [6, 6.07) is 2.18. The van der Waals surface area contributed by atoms with E-state index in [-0.39, 0.29) is 11.8 Å². The Morgan fingerprint density at radius 3 is 2.62 bits per heavy atom. The van der Waals surface area contributed by atoms with E-state index in [0.717, 1.165) is 16.2 Å². The number of imide groups is 1. The van der Waals surface area contributed by atoms with Crippen LogP contribution in [0.2, 0.25) is 0 Å². The Morgan fingerprint density at radius 1 is 0.962 bits per heavy atom. The Labute approximate surface area is 165 Å². The highest BCUT2D eigenvalue weighted by molar-refractivity contribution is 7.30. The smallest absolute Gasteiger partial charge is 0.260 e. The third kappa shape index (κ3) is 3.26. The Kier molecular flexibility index (Phi) is 5.25. The average Bonchev–Trinajstić information content (AvgIpc) is 3.35. The molecule has 0 radical (unpaired) electrons. The summed E-state index contributed by atoms with van der Waals surface area (Å²) in [5.41, 5.74) is 2.52. The maximum atomic E-state index is 12.1. The maximum Gasteiger partial charge on any atom is 0.260 e. The van der Waals surface area contributed by atoms with Crippen molar-refractivity contribution >= 4 is 55.2 Å². The summed E-state index contributed by atoms with van der Waals surface area (Å²) < 4.78 is 2.64. The van der Waals surface area contributed by atoms with Gasteiger partial charge < -0.3 is 0 Å². The second-order valence-electron chi connectivity index (χ2n) is 6.72. The zero-order valence-electron chi connectivity index (χ0n) is 14.7. The molecule has 1 aliphatic heterocycles. The van der Waals surface area contributed by atoms with E-state index in [2.05, 4.69) is 23.7 Å². The molecule has 0 aliphatic carbocycles. The van der Waals surface area contributed by atoms with Gasteiger partial charge in [-0.3, -0.25) is 14.9 Å². The van der Waals surface area contributed by atoms with Crippen LogP contribution in [0, 0.1) is 0 Å². The zero-order valence-corrected chi connectivity index (χ0v) is 17.2. The summed E-state index contributed by atoms with van der Waals surface area (Å²) in [6.45, 7) is 2.25. The highest BCUT2D eigenvalue weighted by Crippen LogP contribution is 2.44. The minimum Gasteiger partial charge on any atom is -0.288 e. The van der Waals surface area contributed by atoms with Gasteiger partial charge in [0.2, 0.25) is 0 Å². The van der Waals surface area contributed by atoms with Gasteiger partial charge in [-0.05, 0) is 29.9 Å². The fraction of sp³-hybridized carbons (Fsp3) is 0.400. The molecule has 1 N–H and O–H groups in total. The zero-order chi connectivity index (χ0) is 18.1. The van der Waals surface area contributed by atoms with E-state index >= 15 is 0 Å². The number of amides is 2. The minimum atomic E-state index is -0.269. The van der Waals surface area contributed by atoms with Gasteiger partial charge in [-0.2, -0.15) is 0 Å². The second kappa shape index (κ2) is 7.62. The molecule has 0 unspecified atom stereocenters. The monoisotopic (exact) mass is 403 g/mol. The first kappa shape index (κ1) is 17.9. The van der Waals surface area contributed by atoms with Gasteiger partial charge >= 0.3 is 0 Å². The molecular weight excluding hydrogens is 382 g/mol. The van der Waals surface area contributed by atoms with Crippen LogP contribution in [0.5, 0.6) is 0 Å². The summed E-state index contributed by atoms with van der Waals surface area (Å²) in [6.07, 6.45) is 9.00. The molecule has 136 valence electrons. The molecule has 0 aromatic carbocycles. The molecule has 1 aliphatic rings. The van der Waals surface area contributed by atoms with Crippen LogP contribution in [-0.4, -0.2) is 11.8 Å². The summed E-state index contributed by atoms with van der Waals surface area (Å²) in [5.74, 6) is -0.528. The number of unbranched alkanes of at least 4 members (excludes halogenated alkanes) is 5. The summed E-state index contributed by atoms with van der Waals surface area (Å²) in [7, 11) is 0. The number of aryl methyl sites for hydroxylation is 1. The number of carbonyl (C=O) groups is 2. The number of nitrogens with one attached hydrogen (secondary N) is 1. The maximum absolute atomic E-state index is 12.1. The topological polar surface area (TPSA) is 46.2 Å². The van der Waals surface area contributed by atoms with Crippen molar-refractivity contribution in [3.05, 3.63) is 33.5 Å². The van der Waals surface area contributed by atoms with Gasteiger partial charge in [-0.1, -0.05) is 39.0 Å². The van der Waals surface area contributed by atoms with Gasteiger partial charge in [0, 0.05) is 19.7 Å². The molecule has 26 heavy (non-hydrogen) atoms. The number of hydrogen-bond acceptors (Lipinski definition) is 5. The van der Waals surface area contributed by atoms with Crippen molar-refractivity contribution in [2.45, 2.75) is 51.9 Å². The lowest BCUT2D eigenvalue weighted by molar-refractivity contribution is 0.0880. The molecule has 0 saturated carbocycles. The summed E-state index contributed by atoms with van der Waals surface area (Å²) in [5, 5.41) is 6.48. The van der Waals surface area contributed by atoms with E-state index in [1.165, 1.54) is 64.8 Å². The first-order valence-corrected chi connectivity index (χ1v) is 11.7. The van der Waals surface area contributed by atoms with Crippen LogP contribution in [-0.2, 0) is 6.42 Å². The lowest BCUT2D eigenvalue weighted by Gasteiger charge is -2.00. The Hall–Kier alpha value is -1.50. The van der Waals surface area contributed by atoms with Crippen molar-refractivity contribution in [1.82, 2.24) is 5.32 Å². The number of fused-ring (bicyclic) bond motifs is 2. The predicted octanol–water partition coefficient (Wildman–Crippen LogP) is 6.48. The van der Waals surface area contributed by atoms with Gasteiger partial charge in [0.15, 0.2) is 0 Å². The number of thiophene rings is 3. The highest BCUT2D eigenvalue weighted by atomic mass is 32.1. The first-order valence-electron chi connectivity index (χ1n) is 9.16. The quantitative estimate of drug-likeness (QED) is 0.346. The van der Waals surface area contributed by atoms with Crippen molar-refractivity contribution in [2.75, 3.05) is 0 Å². The first-order chi connectivity index (χ1) is 12.7. The van der Waals surface area contributed by atoms with Gasteiger partial charge in [-0.25, -0.2) is 0 Å². The van der Waals surface area contributed by atoms with E-state index in [1.807, 2.05) is 0 Å². The van der Waals surface area contributed by atoms with E-state index in [0.29, 0.717) is 11.1 Å². The van der Waals surface area contributed by atoms with Gasteiger partial charge in [0.25, 0.3) is 11.8 Å². The molecule has 4 rings (SSSR count). The standard InChI is InChI=1S/C20H21NO2S3/c1-2-3-4-5-6-7-8-12-10-24-14-9-15(26-17(12)14)18-16-13(11-25-18)19(22)21-20(16)23/h9-11H,2-8H2,1H3,(H,21,22,23). The lowest BCUT2D eigenvalue weighted by Crippen LogP contribution is -2.20. The third-order valence-corrected chi connectivity index (χ3v) is 8.31. The summed E-state index contributed by atoms with van der Waals surface area (Å²) >= 11 is 5.04. The van der Waals surface area contributed by atoms with Crippen LogP contribution in [0.25, 0.3) is 19.2 Å². The van der Waals surface area contributed by atoms with Crippen LogP contribution < -0.4 is 5.32 Å². The largest absolute Gasteiger partial charge is 0.288 e. The fourth-order valence-electron chi connectivity index (χ4n) is 3.42. The predicted molar refractivity (Wildman–Crippen MR) is 112 cm³/mol. The van der Waals surface area contributed by atoms with E-state index in [1.54, 1.807) is 28.1 Å². The van der Waals surface area contributed by atoms with Crippen molar-refractivity contribution in [3.8, 4) is 9.75 Å². The van der Waals surface area contributed by atoms with E-state index in [4.69, 9.17) is 0 Å². The van der Waals surface area contributed by atoms with Crippen molar-refractivity contribution in [2.24, 2.45) is 0 Å². The molecule has 2 amide bonds. The fourth-order valence-corrected chi connectivity index (χ4v) is 7.03. The molecule has 3 aromatic heterocycles. The average molecular weight is 404 g/mol. The molecule has 0 atom stereocenters. The number of rotatable bonds is 8. The number of carbonyl (C=O) groups excluding carboxylic acids is 2. The van der Waals surface area contributed by atoms with E-state index < -0.39 is 0 Å². The van der Waals surface area contributed by atoms with Gasteiger partial charge in [0.05, 0.1) is 16.0 Å². The molecule has 3 aromatic rings. The second-order valence-corrected chi connectivity index (χ2v) is 9.56. The minimum absolute atomic E-state index is 0.259. The molecule has 0 bridgehead atoms. The summed E-state index contributed by atoms with van der Waals surface area (Å²) in [4.78, 5) is 25.9. The normalized spacial score (nSPS) is 13.6. The Balaban J connectivity index is 1.51. The van der Waals surface area contributed by atoms with Crippen LogP contribution in [0.4, 0.5) is 0 Å². The molecule has 0 saturated heterocycles. The Morgan fingerprint density at radius 2 is 1.77 bits per heavy atom. The van der Waals surface area contributed by atoms with E-state index in [9.17, 15) is 9.59 Å². The molecule has 3 nitrogen and oxygen atoms in total. The van der Waals surface area contributed by atoms with Crippen LogP contribution in [0.3, 0.4) is 0 Å². The highest BCUT2D eigenvalue weighted by Gasteiger charge is 2.32. The van der Waals surface area contributed by atoms with Crippen LogP contribution in [0.15, 0.2) is 16.8 Å². The van der Waals surface area contributed by atoms with Crippen LogP contribution >= 0.6 is 34.0 Å². The molecule has 0 spiro atoms. The van der Waals surface area contributed by atoms with Gasteiger partial charge in [0.1, 0.15) is 0 Å². The van der Waals surface area contributed by atoms with Crippen molar-refractivity contribution < 1.29 is 9.59 Å². The van der Waals surface area contributed by atoms with Crippen molar-refractivity contribution in [3.63, 3.8) is 0 Å². The molecular formula is C20H21NO2S3. The van der Waals surface area contributed by atoms with Gasteiger partial charge in [-0.15, -0.1) is 34.0 Å². The SMILES string of the molecule is CCCCCCCCc1csc2cc(-c3scc4c3C(=O)NC4=O)sc12. The Bertz CT molecular complexity index is 963. The van der Waals surface area contributed by atoms with Crippen molar-refractivity contribution in [1.29, 1.82) is 0 Å². The number of hydrogen-bond donors (Lipinski definition) is 1. The van der Waals surface area contributed by atoms with Crippen LogP contribution in [0.1, 0.15) is 71.7 Å². The molecule has 6 heteroatoms. The lowest BCUT2D eigenvalue weighted by atomic mass is 10.1.